The van der Waals surface area contributed by atoms with E-state index in [1.165, 1.54) is 190 Å². The highest BCUT2D eigenvalue weighted by molar-refractivity contribution is 5.26. The summed E-state index contributed by atoms with van der Waals surface area (Å²) in [6, 6.07) is 10.3. The first kappa shape index (κ1) is 46.5. The summed E-state index contributed by atoms with van der Waals surface area (Å²) < 4.78 is 1.48. The monoisotopic (exact) mass is 609 g/mol. The van der Waals surface area contributed by atoms with E-state index in [0.717, 1.165) is 0 Å². The van der Waals surface area contributed by atoms with Gasteiger partial charge in [-0.15, -0.1) is 0 Å². The number of unbranched alkanes of at least 4 members (excludes halogenated alkanes) is 20. The van der Waals surface area contributed by atoms with Gasteiger partial charge in [-0.3, -0.25) is 0 Å². The van der Waals surface area contributed by atoms with Crippen LogP contribution in [0.2, 0.25) is 0 Å². The first-order chi connectivity index (χ1) is 20.2. The summed E-state index contributed by atoms with van der Waals surface area (Å²) in [4.78, 5) is 0. The molecule has 0 aromatic heterocycles. The maximum atomic E-state index is 2.34. The number of para-hydroxylation sites is 1. The van der Waals surface area contributed by atoms with Crippen molar-refractivity contribution < 1.29 is 20.8 Å². The van der Waals surface area contributed by atoms with Crippen LogP contribution in [0.4, 0.5) is 5.69 Å². The van der Waals surface area contributed by atoms with Crippen molar-refractivity contribution in [2.45, 2.75) is 182 Å². The molecule has 0 saturated heterocycles. The zero-order valence-electron chi connectivity index (χ0n) is 30.1. The van der Waals surface area contributed by atoms with Crippen LogP contribution in [0.1, 0.15) is 182 Å². The topological polar surface area (TPSA) is 76.6 Å². The predicted molar refractivity (Wildman–Crippen MR) is 191 cm³/mol. The third-order valence-electron chi connectivity index (χ3n) is 9.08. The molecule has 4 heteroatoms. The van der Waals surface area contributed by atoms with Crippen LogP contribution >= 0.6 is 0 Å². The van der Waals surface area contributed by atoms with Gasteiger partial charge in [-0.1, -0.05) is 149 Å². The molecule has 1 aromatic rings. The quantitative estimate of drug-likeness (QED) is 0.0558. The van der Waals surface area contributed by atoms with E-state index in [4.69, 9.17) is 0 Å². The van der Waals surface area contributed by atoms with Crippen molar-refractivity contribution in [3.63, 3.8) is 0 Å². The van der Waals surface area contributed by atoms with E-state index in [1.807, 2.05) is 25.2 Å². The molecule has 0 fully saturated rings. The van der Waals surface area contributed by atoms with Crippen LogP contribution in [0, 0.1) is 0 Å². The fourth-order valence-electron chi connectivity index (χ4n) is 6.23. The summed E-state index contributed by atoms with van der Waals surface area (Å²) in [6.45, 7) is 15.3. The summed E-state index contributed by atoms with van der Waals surface area (Å²) in [6.07, 6.45) is 34.8. The van der Waals surface area contributed by atoms with E-state index in [2.05, 4.69) is 45.1 Å². The molecule has 1 rings (SSSR count). The highest BCUT2D eigenvalue weighted by Crippen LogP contribution is 2.20. The Kier molecular flexibility index (Phi) is 40.3. The van der Waals surface area contributed by atoms with Gasteiger partial charge in [0, 0.05) is 0 Å². The SMILES string of the molecule is CCCCCCCC[N+](CCCCCCCC)(CCCCCCCC)CCCCCCCC.C[NH2+]c1ccccc1.[OH-].[OH-]. The molecule has 0 amide bonds. The maximum Gasteiger partial charge on any atom is 0.129 e. The Balaban J connectivity index is -0.00000137. The molecule has 0 saturated carbocycles. The van der Waals surface area contributed by atoms with Crippen LogP contribution in [0.5, 0.6) is 0 Å². The molecule has 0 aliphatic heterocycles. The van der Waals surface area contributed by atoms with Crippen molar-refractivity contribution >= 4 is 5.69 Å². The summed E-state index contributed by atoms with van der Waals surface area (Å²) in [5.41, 5.74) is 1.28. The second-order valence-corrected chi connectivity index (χ2v) is 13.0. The molecule has 0 aliphatic carbocycles. The van der Waals surface area contributed by atoms with Crippen molar-refractivity contribution in [3.8, 4) is 0 Å². The minimum atomic E-state index is 0. The van der Waals surface area contributed by atoms with Gasteiger partial charge >= 0.3 is 0 Å². The van der Waals surface area contributed by atoms with Crippen molar-refractivity contribution in [1.82, 2.24) is 0 Å². The molecular weight excluding hydrogens is 528 g/mol. The molecule has 0 atom stereocenters. The van der Waals surface area contributed by atoms with Crippen LogP contribution < -0.4 is 5.32 Å². The van der Waals surface area contributed by atoms with Crippen LogP contribution in [-0.2, 0) is 0 Å². The van der Waals surface area contributed by atoms with Gasteiger partial charge in [0.1, 0.15) is 5.69 Å². The van der Waals surface area contributed by atoms with Gasteiger partial charge in [-0.25, -0.2) is 0 Å². The lowest BCUT2D eigenvalue weighted by molar-refractivity contribution is -0.929. The molecule has 0 radical (unpaired) electrons. The number of hydrogen-bond donors (Lipinski definition) is 1. The normalized spacial score (nSPS) is 10.9. The summed E-state index contributed by atoms with van der Waals surface area (Å²) in [7, 11) is 2.04. The highest BCUT2D eigenvalue weighted by Gasteiger charge is 2.25. The highest BCUT2D eigenvalue weighted by atomic mass is 16.0. The van der Waals surface area contributed by atoms with Crippen molar-refractivity contribution in [2.75, 3.05) is 33.2 Å². The number of nitrogens with zero attached hydrogens (tertiary/aromatic N) is 1. The number of benzene rings is 1. The smallest absolute Gasteiger partial charge is 0.129 e. The third-order valence-corrected chi connectivity index (χ3v) is 9.08. The van der Waals surface area contributed by atoms with Crippen LogP contribution in [-0.4, -0.2) is 48.7 Å². The molecule has 0 aliphatic rings. The molecule has 1 aromatic carbocycles. The van der Waals surface area contributed by atoms with Crippen LogP contribution in [0.3, 0.4) is 0 Å². The number of nitrogens with two attached hydrogens (primary N) is 1. The number of hydrogen-bond acceptors (Lipinski definition) is 2. The van der Waals surface area contributed by atoms with Crippen LogP contribution in [0.25, 0.3) is 0 Å². The third kappa shape index (κ3) is 30.9. The Morgan fingerprint density at radius 3 is 0.884 bits per heavy atom. The van der Waals surface area contributed by atoms with Gasteiger partial charge in [0.2, 0.25) is 0 Å². The summed E-state index contributed by atoms with van der Waals surface area (Å²) in [5.74, 6) is 0. The summed E-state index contributed by atoms with van der Waals surface area (Å²) >= 11 is 0. The molecule has 4 nitrogen and oxygen atoms in total. The van der Waals surface area contributed by atoms with Gasteiger partial charge < -0.3 is 20.8 Å². The lowest BCUT2D eigenvalue weighted by atomic mass is 10.0. The molecule has 0 spiro atoms. The molecule has 0 bridgehead atoms. The Bertz CT molecular complexity index is 541. The zero-order valence-corrected chi connectivity index (χ0v) is 30.1. The Morgan fingerprint density at radius 2 is 0.651 bits per heavy atom. The van der Waals surface area contributed by atoms with E-state index in [1.54, 1.807) is 0 Å². The first-order valence-corrected chi connectivity index (χ1v) is 18.9. The molecular formula is C39H80N2O2. The molecule has 4 N–H and O–H groups in total. The average Bonchev–Trinajstić information content (AvgIpc) is 3.01. The predicted octanol–water partition coefficient (Wildman–Crippen LogP) is 11.4. The van der Waals surface area contributed by atoms with Gasteiger partial charge in [-0.2, -0.15) is 0 Å². The molecule has 0 unspecified atom stereocenters. The second kappa shape index (κ2) is 37.2. The van der Waals surface area contributed by atoms with Crippen LogP contribution in [0.15, 0.2) is 30.3 Å². The van der Waals surface area contributed by atoms with E-state index >= 15 is 0 Å². The molecule has 43 heavy (non-hydrogen) atoms. The Labute approximate surface area is 271 Å². The van der Waals surface area contributed by atoms with Gasteiger partial charge in [0.05, 0.1) is 33.2 Å². The van der Waals surface area contributed by atoms with Gasteiger partial charge in [0.15, 0.2) is 0 Å². The minimum absolute atomic E-state index is 0. The largest absolute Gasteiger partial charge is 0.870 e. The first-order valence-electron chi connectivity index (χ1n) is 18.9. The standard InChI is InChI=1S/C32H68N.C7H9N.2H2O/c1-5-9-13-17-21-25-29-33(30-26-22-18-14-10-6-2,31-27-23-19-15-11-7-3)32-28-24-20-16-12-8-4;1-8-7-5-3-2-4-6-7;;/h5-32H2,1-4H3;2-6,8H,1H3;2*1H2/q+1;;;/p-1. The maximum absolute atomic E-state index is 2.34. The average molecular weight is 609 g/mol. The van der Waals surface area contributed by atoms with Gasteiger partial charge in [0.25, 0.3) is 0 Å². The number of rotatable bonds is 29. The van der Waals surface area contributed by atoms with E-state index in [0.29, 0.717) is 0 Å². The van der Waals surface area contributed by atoms with Crippen molar-refractivity contribution in [3.05, 3.63) is 30.3 Å². The molecule has 258 valence electrons. The Morgan fingerprint density at radius 1 is 0.395 bits per heavy atom. The minimum Gasteiger partial charge on any atom is -0.870 e. The summed E-state index contributed by atoms with van der Waals surface area (Å²) in [5, 5.41) is 2.08. The van der Waals surface area contributed by atoms with Crippen molar-refractivity contribution in [1.29, 1.82) is 0 Å². The van der Waals surface area contributed by atoms with Gasteiger partial charge in [-0.05, 0) is 63.5 Å². The molecule has 0 heterocycles. The van der Waals surface area contributed by atoms with E-state index in [-0.39, 0.29) is 11.0 Å². The van der Waals surface area contributed by atoms with E-state index in [9.17, 15) is 0 Å². The lowest BCUT2D eigenvalue weighted by Gasteiger charge is -2.40. The second-order valence-electron chi connectivity index (χ2n) is 13.0. The lowest BCUT2D eigenvalue weighted by Crippen LogP contribution is -2.72. The fraction of sp³-hybridized carbons (Fsp3) is 0.846. The van der Waals surface area contributed by atoms with Crippen molar-refractivity contribution in [2.24, 2.45) is 0 Å². The van der Waals surface area contributed by atoms with E-state index < -0.39 is 0 Å². The zero-order chi connectivity index (χ0) is 30.1. The fourth-order valence-corrected chi connectivity index (χ4v) is 6.23. The number of quaternary nitrogens is 2. The Hall–Kier alpha value is -0.940.